The molecule has 0 aromatic heterocycles. The third-order valence-corrected chi connectivity index (χ3v) is 3.89. The van der Waals surface area contributed by atoms with Crippen molar-refractivity contribution in [3.05, 3.63) is 23.8 Å². The number of benzene rings is 1. The third kappa shape index (κ3) is 2.73. The lowest BCUT2D eigenvalue weighted by Gasteiger charge is -2.06. The van der Waals surface area contributed by atoms with Crippen molar-refractivity contribution in [1.82, 2.24) is 0 Å². The van der Waals surface area contributed by atoms with Crippen molar-refractivity contribution in [3.8, 4) is 5.75 Å². The number of hydrogen-bond donors (Lipinski definition) is 2. The molecule has 1 aromatic rings. The van der Waals surface area contributed by atoms with Gasteiger partial charge in [-0.2, -0.15) is 0 Å². The monoisotopic (exact) mass is 243 g/mol. The summed E-state index contributed by atoms with van der Waals surface area (Å²) in [6.07, 6.45) is -0.182. The number of sulfone groups is 1. The molecule has 0 bridgehead atoms. The normalized spacial score (nSPS) is 11.3. The smallest absolute Gasteiger partial charge is 0.221 e. The Balaban J connectivity index is 3.22. The van der Waals surface area contributed by atoms with Crippen molar-refractivity contribution in [1.29, 1.82) is 0 Å². The molecule has 88 valence electrons. The Bertz CT molecular complexity index is 508. The molecule has 1 rings (SSSR count). The lowest BCUT2D eigenvalue weighted by atomic mass is 10.1. The molecule has 0 fully saturated rings. The van der Waals surface area contributed by atoms with Crippen LogP contribution in [0.2, 0.25) is 0 Å². The highest BCUT2D eigenvalue weighted by Gasteiger charge is 2.14. The van der Waals surface area contributed by atoms with Crippen molar-refractivity contribution in [2.45, 2.75) is 18.2 Å². The number of amides is 1. The molecule has 0 spiro atoms. The summed E-state index contributed by atoms with van der Waals surface area (Å²) >= 11 is 0. The van der Waals surface area contributed by atoms with Crippen LogP contribution in [0, 0.1) is 0 Å². The minimum absolute atomic E-state index is 0.0339. The van der Waals surface area contributed by atoms with Gasteiger partial charge in [0.15, 0.2) is 9.84 Å². The minimum atomic E-state index is -3.34. The van der Waals surface area contributed by atoms with Crippen LogP contribution in [0.5, 0.6) is 5.75 Å². The van der Waals surface area contributed by atoms with Crippen LogP contribution in [0.1, 0.15) is 12.5 Å². The fraction of sp³-hybridized carbons (Fsp3) is 0.300. The maximum Gasteiger partial charge on any atom is 0.221 e. The summed E-state index contributed by atoms with van der Waals surface area (Å²) in [6.45, 7) is 1.52. The molecule has 0 atom stereocenters. The van der Waals surface area contributed by atoms with E-state index in [1.165, 1.54) is 25.1 Å². The zero-order valence-electron chi connectivity index (χ0n) is 8.80. The highest BCUT2D eigenvalue weighted by atomic mass is 32.2. The molecule has 1 aromatic carbocycles. The maximum absolute atomic E-state index is 11.6. The zero-order chi connectivity index (χ0) is 12.3. The van der Waals surface area contributed by atoms with Crippen LogP contribution in [0.3, 0.4) is 0 Å². The molecule has 3 N–H and O–H groups in total. The second-order valence-electron chi connectivity index (χ2n) is 3.34. The SMILES string of the molecule is CCS(=O)(=O)c1ccc(O)c(CC(N)=O)c1. The zero-order valence-corrected chi connectivity index (χ0v) is 9.62. The van der Waals surface area contributed by atoms with E-state index in [4.69, 9.17) is 5.73 Å². The fourth-order valence-corrected chi connectivity index (χ4v) is 2.18. The fourth-order valence-electron chi connectivity index (χ4n) is 1.25. The molecule has 5 nitrogen and oxygen atoms in total. The first-order valence-corrected chi connectivity index (χ1v) is 6.35. The standard InChI is InChI=1S/C10H13NO4S/c1-2-16(14,15)8-3-4-9(12)7(5-8)6-10(11)13/h3-5,12H,2,6H2,1H3,(H2,11,13). The average molecular weight is 243 g/mol. The largest absolute Gasteiger partial charge is 0.508 e. The number of phenolic OH excluding ortho intramolecular Hbond substituents is 1. The van der Waals surface area contributed by atoms with Crippen molar-refractivity contribution in [2.75, 3.05) is 5.75 Å². The summed E-state index contributed by atoms with van der Waals surface area (Å²) in [4.78, 5) is 10.8. The summed E-state index contributed by atoms with van der Waals surface area (Å²) in [7, 11) is -3.34. The van der Waals surface area contributed by atoms with Gasteiger partial charge in [-0.05, 0) is 18.2 Å². The average Bonchev–Trinajstić information content (AvgIpc) is 2.20. The van der Waals surface area contributed by atoms with Gasteiger partial charge in [0.25, 0.3) is 0 Å². The first-order valence-electron chi connectivity index (χ1n) is 4.69. The number of phenols is 1. The number of carbonyl (C=O) groups is 1. The lowest BCUT2D eigenvalue weighted by molar-refractivity contribution is -0.117. The van der Waals surface area contributed by atoms with E-state index in [9.17, 15) is 18.3 Å². The molecule has 0 unspecified atom stereocenters. The summed E-state index contributed by atoms with van der Waals surface area (Å²) in [5, 5.41) is 9.42. The highest BCUT2D eigenvalue weighted by molar-refractivity contribution is 7.91. The van der Waals surface area contributed by atoms with Gasteiger partial charge >= 0.3 is 0 Å². The van der Waals surface area contributed by atoms with E-state index in [0.717, 1.165) is 0 Å². The van der Waals surface area contributed by atoms with E-state index in [-0.39, 0.29) is 28.4 Å². The van der Waals surface area contributed by atoms with Crippen LogP contribution in [-0.4, -0.2) is 25.2 Å². The summed E-state index contributed by atoms with van der Waals surface area (Å²) < 4.78 is 23.1. The molecular weight excluding hydrogens is 230 g/mol. The van der Waals surface area contributed by atoms with Crippen molar-refractivity contribution in [3.63, 3.8) is 0 Å². The van der Waals surface area contributed by atoms with E-state index in [1.807, 2.05) is 0 Å². The van der Waals surface area contributed by atoms with Gasteiger partial charge in [0.2, 0.25) is 5.91 Å². The van der Waals surface area contributed by atoms with Gasteiger partial charge < -0.3 is 10.8 Å². The summed E-state index contributed by atoms with van der Waals surface area (Å²) in [5.41, 5.74) is 5.21. The van der Waals surface area contributed by atoms with E-state index in [2.05, 4.69) is 0 Å². The number of aromatic hydroxyl groups is 1. The molecule has 0 saturated heterocycles. The van der Waals surface area contributed by atoms with Gasteiger partial charge in [-0.3, -0.25) is 4.79 Å². The molecule has 16 heavy (non-hydrogen) atoms. The Labute approximate surface area is 93.8 Å². The molecule has 0 aliphatic heterocycles. The van der Waals surface area contributed by atoms with Crippen LogP contribution in [0.25, 0.3) is 0 Å². The van der Waals surface area contributed by atoms with Gasteiger partial charge in [-0.25, -0.2) is 8.42 Å². The van der Waals surface area contributed by atoms with Gasteiger partial charge in [0.05, 0.1) is 17.1 Å². The van der Waals surface area contributed by atoms with Crippen LogP contribution < -0.4 is 5.73 Å². The first-order chi connectivity index (χ1) is 7.36. The number of hydrogen-bond acceptors (Lipinski definition) is 4. The Morgan fingerprint density at radius 2 is 2.06 bits per heavy atom. The van der Waals surface area contributed by atoms with E-state index >= 15 is 0 Å². The molecule has 0 aliphatic carbocycles. The molecule has 0 aliphatic rings. The van der Waals surface area contributed by atoms with E-state index in [0.29, 0.717) is 0 Å². The number of primary amides is 1. The van der Waals surface area contributed by atoms with Gasteiger partial charge in [-0.1, -0.05) is 6.92 Å². The van der Waals surface area contributed by atoms with Crippen LogP contribution >= 0.6 is 0 Å². The topological polar surface area (TPSA) is 97.5 Å². The molecule has 0 radical (unpaired) electrons. The summed E-state index contributed by atoms with van der Waals surface area (Å²) in [5.74, 6) is -0.788. The molecule has 0 heterocycles. The third-order valence-electron chi connectivity index (χ3n) is 2.15. The second kappa shape index (κ2) is 4.52. The molecule has 6 heteroatoms. The second-order valence-corrected chi connectivity index (χ2v) is 5.62. The van der Waals surface area contributed by atoms with Crippen molar-refractivity contribution >= 4 is 15.7 Å². The predicted molar refractivity (Wildman–Crippen MR) is 58.7 cm³/mol. The Kier molecular flexibility index (Phi) is 3.54. The molecule has 0 saturated carbocycles. The van der Waals surface area contributed by atoms with E-state index in [1.54, 1.807) is 0 Å². The quantitative estimate of drug-likeness (QED) is 0.790. The van der Waals surface area contributed by atoms with Crippen LogP contribution in [0.4, 0.5) is 0 Å². The Morgan fingerprint density at radius 1 is 1.44 bits per heavy atom. The minimum Gasteiger partial charge on any atom is -0.508 e. The van der Waals surface area contributed by atoms with Crippen molar-refractivity contribution < 1.29 is 18.3 Å². The number of nitrogens with two attached hydrogens (primary N) is 1. The van der Waals surface area contributed by atoms with Crippen LogP contribution in [-0.2, 0) is 21.1 Å². The van der Waals surface area contributed by atoms with Crippen LogP contribution in [0.15, 0.2) is 23.1 Å². The predicted octanol–water partition coefficient (Wildman–Crippen LogP) is 0.214. The Morgan fingerprint density at radius 3 is 2.56 bits per heavy atom. The van der Waals surface area contributed by atoms with Crippen molar-refractivity contribution in [2.24, 2.45) is 5.73 Å². The first kappa shape index (κ1) is 12.5. The number of carbonyl (C=O) groups excluding carboxylic acids is 1. The lowest BCUT2D eigenvalue weighted by Crippen LogP contribution is -2.14. The molecular formula is C10H13NO4S. The van der Waals surface area contributed by atoms with Gasteiger partial charge in [-0.15, -0.1) is 0 Å². The van der Waals surface area contributed by atoms with Gasteiger partial charge in [0, 0.05) is 5.56 Å². The Hall–Kier alpha value is -1.56. The summed E-state index contributed by atoms with van der Waals surface area (Å²) in [6, 6.07) is 3.83. The molecule has 1 amide bonds. The highest BCUT2D eigenvalue weighted by Crippen LogP contribution is 2.22. The van der Waals surface area contributed by atoms with E-state index < -0.39 is 15.7 Å². The maximum atomic E-state index is 11.6. The van der Waals surface area contributed by atoms with Gasteiger partial charge in [0.1, 0.15) is 5.75 Å². The number of rotatable bonds is 4.